The topological polar surface area (TPSA) is 29.1 Å². The monoisotopic (exact) mass is 271 g/mol. The van der Waals surface area contributed by atoms with Crippen molar-refractivity contribution < 1.29 is 18.0 Å². The molecule has 1 aliphatic carbocycles. The molecular weight excluding hydrogens is 255 g/mol. The van der Waals surface area contributed by atoms with Crippen molar-refractivity contribution in [3.8, 4) is 0 Å². The lowest BCUT2D eigenvalue weighted by Crippen LogP contribution is -2.50. The second-order valence-electron chi connectivity index (χ2n) is 4.83. The van der Waals surface area contributed by atoms with Crippen LogP contribution in [0, 0.1) is 0 Å². The SMILES string of the molecule is CNC1(c2ccccc2C(F)(F)F)CCCCC1=O. The van der Waals surface area contributed by atoms with E-state index in [-0.39, 0.29) is 11.3 Å². The minimum Gasteiger partial charge on any atom is -0.304 e. The van der Waals surface area contributed by atoms with Crippen LogP contribution in [0.25, 0.3) is 0 Å². The van der Waals surface area contributed by atoms with Crippen LogP contribution in [0.2, 0.25) is 0 Å². The number of nitrogens with one attached hydrogen (secondary N) is 1. The molecule has 0 spiro atoms. The Morgan fingerprint density at radius 1 is 1.21 bits per heavy atom. The second kappa shape index (κ2) is 4.96. The molecule has 0 heterocycles. The number of likely N-dealkylation sites (N-methyl/N-ethyl adjacent to an activating group) is 1. The molecule has 0 saturated heterocycles. The lowest BCUT2D eigenvalue weighted by atomic mass is 9.74. The number of hydrogen-bond donors (Lipinski definition) is 1. The van der Waals surface area contributed by atoms with Gasteiger partial charge in [0, 0.05) is 6.42 Å². The molecule has 1 atom stereocenters. The van der Waals surface area contributed by atoms with Crippen molar-refractivity contribution in [2.24, 2.45) is 0 Å². The molecule has 1 N–H and O–H groups in total. The zero-order valence-corrected chi connectivity index (χ0v) is 10.7. The number of carbonyl (C=O) groups is 1. The third-order valence-corrected chi connectivity index (χ3v) is 3.80. The summed E-state index contributed by atoms with van der Waals surface area (Å²) in [5.74, 6) is -0.155. The minimum atomic E-state index is -4.45. The molecule has 2 rings (SSSR count). The summed E-state index contributed by atoms with van der Waals surface area (Å²) in [5, 5.41) is 2.85. The predicted octanol–water partition coefficient (Wildman–Crippen LogP) is 3.26. The third kappa shape index (κ3) is 2.39. The first-order valence-electron chi connectivity index (χ1n) is 6.31. The van der Waals surface area contributed by atoms with Crippen molar-refractivity contribution >= 4 is 5.78 Å². The van der Waals surface area contributed by atoms with Gasteiger partial charge in [-0.3, -0.25) is 4.79 Å². The summed E-state index contributed by atoms with van der Waals surface area (Å²) in [4.78, 5) is 12.2. The van der Waals surface area contributed by atoms with Crippen LogP contribution in [0.3, 0.4) is 0 Å². The Bertz CT molecular complexity index is 484. The molecule has 19 heavy (non-hydrogen) atoms. The van der Waals surface area contributed by atoms with Crippen LogP contribution in [0.15, 0.2) is 24.3 Å². The van der Waals surface area contributed by atoms with Gasteiger partial charge in [0.25, 0.3) is 0 Å². The highest BCUT2D eigenvalue weighted by molar-refractivity contribution is 5.90. The third-order valence-electron chi connectivity index (χ3n) is 3.80. The van der Waals surface area contributed by atoms with Crippen LogP contribution < -0.4 is 5.32 Å². The molecule has 2 nitrogen and oxygen atoms in total. The van der Waals surface area contributed by atoms with E-state index in [1.165, 1.54) is 12.1 Å². The van der Waals surface area contributed by atoms with E-state index in [9.17, 15) is 18.0 Å². The van der Waals surface area contributed by atoms with E-state index in [2.05, 4.69) is 5.32 Å². The number of rotatable bonds is 2. The lowest BCUT2D eigenvalue weighted by Gasteiger charge is -2.37. The predicted molar refractivity (Wildman–Crippen MR) is 65.7 cm³/mol. The zero-order chi connectivity index (χ0) is 14.1. The fraction of sp³-hybridized carbons (Fsp3) is 0.500. The van der Waals surface area contributed by atoms with Crippen LogP contribution in [-0.4, -0.2) is 12.8 Å². The maximum absolute atomic E-state index is 13.1. The zero-order valence-electron chi connectivity index (χ0n) is 10.7. The molecule has 0 aliphatic heterocycles. The first-order chi connectivity index (χ1) is 8.92. The highest BCUT2D eigenvalue weighted by Gasteiger charge is 2.45. The van der Waals surface area contributed by atoms with E-state index in [0.717, 1.165) is 18.9 Å². The Kier molecular flexibility index (Phi) is 3.67. The molecule has 0 amide bonds. The van der Waals surface area contributed by atoms with Gasteiger partial charge in [-0.05, 0) is 31.5 Å². The number of benzene rings is 1. The van der Waals surface area contributed by atoms with Gasteiger partial charge in [-0.2, -0.15) is 13.2 Å². The number of alkyl halides is 3. The van der Waals surface area contributed by atoms with Crippen LogP contribution in [0.4, 0.5) is 13.2 Å². The summed E-state index contributed by atoms with van der Waals surface area (Å²) in [6, 6.07) is 5.34. The van der Waals surface area contributed by atoms with Gasteiger partial charge in [-0.15, -0.1) is 0 Å². The fourth-order valence-electron chi connectivity index (χ4n) is 2.81. The van der Waals surface area contributed by atoms with E-state index < -0.39 is 17.3 Å². The Labute approximate surface area is 110 Å². The van der Waals surface area contributed by atoms with Gasteiger partial charge >= 0.3 is 6.18 Å². The minimum absolute atomic E-state index is 0.0506. The summed E-state index contributed by atoms with van der Waals surface area (Å²) in [7, 11) is 1.55. The number of Topliss-reactive ketones (excluding diaryl/α,β-unsaturated/α-hetero) is 1. The van der Waals surface area contributed by atoms with Gasteiger partial charge in [0.2, 0.25) is 0 Å². The molecule has 104 valence electrons. The average Bonchev–Trinajstić information content (AvgIpc) is 2.39. The Morgan fingerprint density at radius 3 is 2.47 bits per heavy atom. The fourth-order valence-corrected chi connectivity index (χ4v) is 2.81. The van der Waals surface area contributed by atoms with Crippen molar-refractivity contribution in [3.05, 3.63) is 35.4 Å². The quantitative estimate of drug-likeness (QED) is 0.894. The Hall–Kier alpha value is -1.36. The highest BCUT2D eigenvalue weighted by Crippen LogP contribution is 2.41. The van der Waals surface area contributed by atoms with Gasteiger partial charge in [-0.1, -0.05) is 24.6 Å². The average molecular weight is 271 g/mol. The van der Waals surface area contributed by atoms with Crippen molar-refractivity contribution in [2.75, 3.05) is 7.05 Å². The number of halogens is 3. The maximum Gasteiger partial charge on any atom is 0.416 e. The largest absolute Gasteiger partial charge is 0.416 e. The molecule has 1 aliphatic rings. The molecular formula is C14H16F3NO. The Balaban J connectivity index is 2.58. The second-order valence-corrected chi connectivity index (χ2v) is 4.83. The molecule has 0 radical (unpaired) electrons. The number of ketones is 1. The van der Waals surface area contributed by atoms with Gasteiger partial charge in [0.1, 0.15) is 5.54 Å². The number of carbonyl (C=O) groups excluding carboxylic acids is 1. The van der Waals surface area contributed by atoms with E-state index in [1.807, 2.05) is 0 Å². The van der Waals surface area contributed by atoms with Crippen LogP contribution >= 0.6 is 0 Å². The summed E-state index contributed by atoms with van der Waals surface area (Å²) >= 11 is 0. The number of hydrogen-bond acceptors (Lipinski definition) is 2. The van der Waals surface area contributed by atoms with Crippen molar-refractivity contribution in [2.45, 2.75) is 37.4 Å². The maximum atomic E-state index is 13.1. The van der Waals surface area contributed by atoms with Crippen LogP contribution in [0.1, 0.15) is 36.8 Å². The normalized spacial score (nSPS) is 24.5. The lowest BCUT2D eigenvalue weighted by molar-refractivity contribution is -0.140. The molecule has 0 aromatic heterocycles. The van der Waals surface area contributed by atoms with E-state index >= 15 is 0 Å². The molecule has 5 heteroatoms. The summed E-state index contributed by atoms with van der Waals surface area (Å²) < 4.78 is 39.3. The summed E-state index contributed by atoms with van der Waals surface area (Å²) in [6.45, 7) is 0. The standard InChI is InChI=1S/C14H16F3NO/c1-18-13(9-5-4-8-12(13)19)10-6-2-3-7-11(10)14(15,16)17/h2-3,6-7,18H,4-5,8-9H2,1H3. The summed E-state index contributed by atoms with van der Waals surface area (Å²) in [6.07, 6.45) is -2.21. The molecule has 1 fully saturated rings. The van der Waals surface area contributed by atoms with E-state index in [0.29, 0.717) is 12.8 Å². The van der Waals surface area contributed by atoms with Crippen molar-refractivity contribution in [1.82, 2.24) is 5.32 Å². The van der Waals surface area contributed by atoms with Crippen LogP contribution in [-0.2, 0) is 16.5 Å². The highest BCUT2D eigenvalue weighted by atomic mass is 19.4. The van der Waals surface area contributed by atoms with Crippen molar-refractivity contribution in [3.63, 3.8) is 0 Å². The Morgan fingerprint density at radius 2 is 1.89 bits per heavy atom. The van der Waals surface area contributed by atoms with E-state index in [1.54, 1.807) is 13.1 Å². The van der Waals surface area contributed by atoms with Crippen LogP contribution in [0.5, 0.6) is 0 Å². The van der Waals surface area contributed by atoms with E-state index in [4.69, 9.17) is 0 Å². The first kappa shape index (κ1) is 14.1. The van der Waals surface area contributed by atoms with Gasteiger partial charge in [-0.25, -0.2) is 0 Å². The molecule has 1 aromatic carbocycles. The summed E-state index contributed by atoms with van der Waals surface area (Å²) in [5.41, 5.74) is -1.86. The smallest absolute Gasteiger partial charge is 0.304 e. The van der Waals surface area contributed by atoms with Gasteiger partial charge < -0.3 is 5.32 Å². The van der Waals surface area contributed by atoms with Gasteiger partial charge in [0.15, 0.2) is 5.78 Å². The molecule has 1 aromatic rings. The molecule has 1 unspecified atom stereocenters. The van der Waals surface area contributed by atoms with Crippen molar-refractivity contribution in [1.29, 1.82) is 0 Å². The molecule has 0 bridgehead atoms. The van der Waals surface area contributed by atoms with Gasteiger partial charge in [0.05, 0.1) is 5.56 Å². The first-order valence-corrected chi connectivity index (χ1v) is 6.31. The molecule has 1 saturated carbocycles.